The van der Waals surface area contributed by atoms with E-state index in [1.807, 2.05) is 13.1 Å². The second kappa shape index (κ2) is 7.24. The number of thiazole rings is 1. The molecule has 1 amide bonds. The first-order valence-corrected chi connectivity index (χ1v) is 6.62. The number of likely N-dealkylation sites (N-methyl/N-ethyl adjacent to an activating group) is 2. The fourth-order valence-corrected chi connectivity index (χ4v) is 2.32. The van der Waals surface area contributed by atoms with E-state index in [1.165, 1.54) is 4.88 Å². The second-order valence-electron chi connectivity index (χ2n) is 3.64. The van der Waals surface area contributed by atoms with Crippen molar-refractivity contribution in [2.75, 3.05) is 32.0 Å². The van der Waals surface area contributed by atoms with E-state index in [1.54, 1.807) is 18.4 Å². The normalized spacial score (nSPS) is 10.6. The fraction of sp³-hybridized carbons (Fsp3) is 0.636. The van der Waals surface area contributed by atoms with Gasteiger partial charge in [0.2, 0.25) is 5.91 Å². The molecule has 0 fully saturated rings. The van der Waals surface area contributed by atoms with Gasteiger partial charge in [-0.2, -0.15) is 0 Å². The zero-order valence-electron chi connectivity index (χ0n) is 10.6. The number of nitrogens with zero attached hydrogens (tertiary/aromatic N) is 2. The first kappa shape index (κ1) is 13.9. The summed E-state index contributed by atoms with van der Waals surface area (Å²) < 4.78 is 0. The van der Waals surface area contributed by atoms with Gasteiger partial charge in [0.25, 0.3) is 0 Å². The van der Waals surface area contributed by atoms with Crippen molar-refractivity contribution in [2.24, 2.45) is 0 Å². The van der Waals surface area contributed by atoms with Crippen LogP contribution in [0.25, 0.3) is 0 Å². The van der Waals surface area contributed by atoms with E-state index >= 15 is 0 Å². The smallest absolute Gasteiger partial charge is 0.233 e. The molecule has 0 unspecified atom stereocenters. The van der Waals surface area contributed by atoms with E-state index in [4.69, 9.17) is 0 Å². The quantitative estimate of drug-likeness (QED) is 0.768. The molecule has 0 bridgehead atoms. The van der Waals surface area contributed by atoms with Crippen LogP contribution in [-0.2, 0) is 11.3 Å². The molecule has 1 aromatic heterocycles. The van der Waals surface area contributed by atoms with Gasteiger partial charge >= 0.3 is 0 Å². The van der Waals surface area contributed by atoms with Crippen LogP contribution in [0.5, 0.6) is 0 Å². The lowest BCUT2D eigenvalue weighted by Crippen LogP contribution is -2.34. The molecule has 0 aliphatic rings. The molecule has 2 N–H and O–H groups in total. The van der Waals surface area contributed by atoms with Crippen molar-refractivity contribution in [1.82, 2.24) is 15.2 Å². The maximum atomic E-state index is 11.3. The zero-order chi connectivity index (χ0) is 12.7. The lowest BCUT2D eigenvalue weighted by molar-refractivity contribution is -0.121. The van der Waals surface area contributed by atoms with Crippen LogP contribution in [0.15, 0.2) is 6.20 Å². The molecule has 0 spiro atoms. The fourth-order valence-electron chi connectivity index (χ4n) is 1.40. The van der Waals surface area contributed by atoms with E-state index in [2.05, 4.69) is 27.4 Å². The van der Waals surface area contributed by atoms with Crippen LogP contribution in [0.1, 0.15) is 18.7 Å². The molecule has 6 heteroatoms. The third kappa shape index (κ3) is 4.70. The Morgan fingerprint density at radius 1 is 1.53 bits per heavy atom. The molecule has 5 nitrogen and oxygen atoms in total. The van der Waals surface area contributed by atoms with Crippen LogP contribution in [0.4, 0.5) is 5.13 Å². The molecule has 0 radical (unpaired) electrons. The highest BCUT2D eigenvalue weighted by atomic mass is 32.1. The molecule has 0 saturated heterocycles. The number of aromatic nitrogens is 1. The predicted molar refractivity (Wildman–Crippen MR) is 71.3 cm³/mol. The van der Waals surface area contributed by atoms with Gasteiger partial charge in [-0.1, -0.05) is 6.92 Å². The molecular weight excluding hydrogens is 236 g/mol. The van der Waals surface area contributed by atoms with Gasteiger partial charge in [0.05, 0.1) is 6.54 Å². The van der Waals surface area contributed by atoms with Crippen LogP contribution in [-0.4, -0.2) is 42.5 Å². The lowest BCUT2D eigenvalue weighted by atomic mass is 10.4. The van der Waals surface area contributed by atoms with E-state index < -0.39 is 0 Å². The van der Waals surface area contributed by atoms with Crippen molar-refractivity contribution < 1.29 is 4.79 Å². The summed E-state index contributed by atoms with van der Waals surface area (Å²) in [6.07, 6.45) is 1.87. The van der Waals surface area contributed by atoms with Gasteiger partial charge in [0.15, 0.2) is 5.13 Å². The molecule has 17 heavy (non-hydrogen) atoms. The zero-order valence-corrected chi connectivity index (χ0v) is 11.4. The Balaban J connectivity index is 2.51. The van der Waals surface area contributed by atoms with Gasteiger partial charge in [0.1, 0.15) is 0 Å². The van der Waals surface area contributed by atoms with E-state index in [0.29, 0.717) is 6.54 Å². The number of nitrogens with one attached hydrogen (secondary N) is 2. The van der Waals surface area contributed by atoms with Crippen LogP contribution in [0.2, 0.25) is 0 Å². The number of carbonyl (C=O) groups is 1. The molecule has 1 rings (SSSR count). The maximum Gasteiger partial charge on any atom is 0.233 e. The van der Waals surface area contributed by atoms with Crippen molar-refractivity contribution in [3.05, 3.63) is 11.1 Å². The minimum Gasteiger partial charge on any atom is -0.362 e. The summed E-state index contributed by atoms with van der Waals surface area (Å²) in [5, 5.41) is 6.76. The number of rotatable bonds is 7. The van der Waals surface area contributed by atoms with Crippen LogP contribution in [0, 0.1) is 0 Å². The molecule has 0 atom stereocenters. The molecule has 1 heterocycles. The van der Waals surface area contributed by atoms with E-state index in [0.717, 1.165) is 24.8 Å². The third-order valence-corrected chi connectivity index (χ3v) is 3.29. The Kier molecular flexibility index (Phi) is 5.93. The molecule has 96 valence electrons. The minimum atomic E-state index is 0.0447. The van der Waals surface area contributed by atoms with Crippen molar-refractivity contribution >= 4 is 22.4 Å². The summed E-state index contributed by atoms with van der Waals surface area (Å²) in [5.74, 6) is 0.0447. The minimum absolute atomic E-state index is 0.0447. The standard InChI is InChI=1S/C11H20N4OS/c1-4-13-11-14-6-9(17-11)7-15(5-2)8-10(16)12-3/h6H,4-5,7-8H2,1-3H3,(H,12,16)(H,13,14). The van der Waals surface area contributed by atoms with Crippen LogP contribution >= 0.6 is 11.3 Å². The molecule has 1 aromatic rings. The summed E-state index contributed by atoms with van der Waals surface area (Å²) in [6.45, 7) is 7.03. The second-order valence-corrected chi connectivity index (χ2v) is 4.75. The highest BCUT2D eigenvalue weighted by molar-refractivity contribution is 7.15. The highest BCUT2D eigenvalue weighted by Gasteiger charge is 2.10. The van der Waals surface area contributed by atoms with E-state index in [-0.39, 0.29) is 5.91 Å². The van der Waals surface area contributed by atoms with Crippen molar-refractivity contribution in [3.63, 3.8) is 0 Å². The Morgan fingerprint density at radius 3 is 2.88 bits per heavy atom. The predicted octanol–water partition coefficient (Wildman–Crippen LogP) is 1.14. The lowest BCUT2D eigenvalue weighted by Gasteiger charge is -2.17. The van der Waals surface area contributed by atoms with Gasteiger partial charge < -0.3 is 10.6 Å². The van der Waals surface area contributed by atoms with Gasteiger partial charge in [-0.25, -0.2) is 4.98 Å². The average molecular weight is 256 g/mol. The number of hydrogen-bond donors (Lipinski definition) is 2. The summed E-state index contributed by atoms with van der Waals surface area (Å²) in [5.41, 5.74) is 0. The molecule has 0 aliphatic carbocycles. The number of anilines is 1. The van der Waals surface area contributed by atoms with Gasteiger partial charge in [0, 0.05) is 31.2 Å². The Bertz CT molecular complexity index is 353. The summed E-state index contributed by atoms with van der Waals surface area (Å²) in [4.78, 5) is 18.8. The monoisotopic (exact) mass is 256 g/mol. The number of carbonyl (C=O) groups excluding carboxylic acids is 1. The Hall–Kier alpha value is -1.14. The SMILES string of the molecule is CCNc1ncc(CN(CC)CC(=O)NC)s1. The summed E-state index contributed by atoms with van der Waals surface area (Å²) >= 11 is 1.64. The van der Waals surface area contributed by atoms with Crippen molar-refractivity contribution in [3.8, 4) is 0 Å². The average Bonchev–Trinajstić information content (AvgIpc) is 2.76. The largest absolute Gasteiger partial charge is 0.362 e. The van der Waals surface area contributed by atoms with Gasteiger partial charge in [-0.3, -0.25) is 9.69 Å². The first-order valence-electron chi connectivity index (χ1n) is 5.81. The van der Waals surface area contributed by atoms with Gasteiger partial charge in [-0.15, -0.1) is 11.3 Å². The Morgan fingerprint density at radius 2 is 2.29 bits per heavy atom. The highest BCUT2D eigenvalue weighted by Crippen LogP contribution is 2.19. The van der Waals surface area contributed by atoms with Crippen LogP contribution < -0.4 is 10.6 Å². The molecule has 0 aromatic carbocycles. The molecular formula is C11H20N4OS. The molecule has 0 aliphatic heterocycles. The molecule has 0 saturated carbocycles. The van der Waals surface area contributed by atoms with Gasteiger partial charge in [-0.05, 0) is 13.5 Å². The Labute approximate surface area is 106 Å². The first-order chi connectivity index (χ1) is 8.19. The van der Waals surface area contributed by atoms with Crippen molar-refractivity contribution in [2.45, 2.75) is 20.4 Å². The van der Waals surface area contributed by atoms with Crippen LogP contribution in [0.3, 0.4) is 0 Å². The number of amides is 1. The maximum absolute atomic E-state index is 11.3. The topological polar surface area (TPSA) is 57.3 Å². The summed E-state index contributed by atoms with van der Waals surface area (Å²) in [6, 6.07) is 0. The summed E-state index contributed by atoms with van der Waals surface area (Å²) in [7, 11) is 1.66. The number of hydrogen-bond acceptors (Lipinski definition) is 5. The van der Waals surface area contributed by atoms with E-state index in [9.17, 15) is 4.79 Å². The third-order valence-electron chi connectivity index (χ3n) is 2.35. The van der Waals surface area contributed by atoms with Crippen molar-refractivity contribution in [1.29, 1.82) is 0 Å².